The smallest absolute Gasteiger partial charge is 0.124 e. The minimum absolute atomic E-state index is 0.452. The highest BCUT2D eigenvalue weighted by Crippen LogP contribution is 2.26. The van der Waals surface area contributed by atoms with E-state index in [9.17, 15) is 5.11 Å². The first-order valence-corrected chi connectivity index (χ1v) is 5.10. The molecular formula is C12H14N2O2. The van der Waals surface area contributed by atoms with Gasteiger partial charge in [0.15, 0.2) is 0 Å². The molecule has 1 heterocycles. The summed E-state index contributed by atoms with van der Waals surface area (Å²) in [6.07, 6.45) is 3.25. The zero-order valence-corrected chi connectivity index (χ0v) is 9.05. The van der Waals surface area contributed by atoms with Gasteiger partial charge in [0.05, 0.1) is 13.2 Å². The largest absolute Gasteiger partial charge is 0.496 e. The second kappa shape index (κ2) is 4.81. The fraction of sp³-hybridized carbons (Fsp3) is 0.250. The number of rotatable bonds is 4. The van der Waals surface area contributed by atoms with Gasteiger partial charge in [0.1, 0.15) is 11.6 Å². The summed E-state index contributed by atoms with van der Waals surface area (Å²) in [4.78, 5) is 7.04. The molecule has 84 valence electrons. The summed E-state index contributed by atoms with van der Waals surface area (Å²) in [7, 11) is 1.60. The maximum Gasteiger partial charge on any atom is 0.124 e. The molecule has 0 spiro atoms. The van der Waals surface area contributed by atoms with Crippen molar-refractivity contribution in [3.05, 3.63) is 48.0 Å². The van der Waals surface area contributed by atoms with Crippen LogP contribution in [0.1, 0.15) is 17.5 Å². The first-order chi connectivity index (χ1) is 7.81. The van der Waals surface area contributed by atoms with Crippen molar-refractivity contribution in [2.75, 3.05) is 7.11 Å². The lowest BCUT2D eigenvalue weighted by molar-refractivity contribution is 0.171. The first-order valence-electron chi connectivity index (χ1n) is 5.10. The molecular weight excluding hydrogens is 204 g/mol. The Hall–Kier alpha value is -1.81. The second-order valence-corrected chi connectivity index (χ2v) is 3.50. The van der Waals surface area contributed by atoms with Gasteiger partial charge in [0.25, 0.3) is 0 Å². The van der Waals surface area contributed by atoms with Crippen LogP contribution < -0.4 is 4.74 Å². The summed E-state index contributed by atoms with van der Waals surface area (Å²) >= 11 is 0. The van der Waals surface area contributed by atoms with Crippen molar-refractivity contribution in [3.8, 4) is 5.75 Å². The number of nitrogens with one attached hydrogen (secondary N) is 1. The van der Waals surface area contributed by atoms with E-state index in [2.05, 4.69) is 9.97 Å². The minimum atomic E-state index is -0.609. The number of aromatic amines is 1. The predicted octanol–water partition coefficient (Wildman–Crippen LogP) is 1.69. The number of hydrogen-bond donors (Lipinski definition) is 2. The first kappa shape index (κ1) is 10.7. The van der Waals surface area contributed by atoms with Crippen LogP contribution in [-0.4, -0.2) is 22.2 Å². The molecule has 1 aromatic carbocycles. The quantitative estimate of drug-likeness (QED) is 0.821. The van der Waals surface area contributed by atoms with Gasteiger partial charge in [-0.15, -0.1) is 0 Å². The van der Waals surface area contributed by atoms with Crippen LogP contribution in [0.2, 0.25) is 0 Å². The van der Waals surface area contributed by atoms with E-state index in [4.69, 9.17) is 4.74 Å². The van der Waals surface area contributed by atoms with Gasteiger partial charge in [0.2, 0.25) is 0 Å². The zero-order valence-electron chi connectivity index (χ0n) is 9.05. The molecule has 0 saturated heterocycles. The molecule has 2 N–H and O–H groups in total. The summed E-state index contributed by atoms with van der Waals surface area (Å²) in [6, 6.07) is 7.44. The van der Waals surface area contributed by atoms with E-state index in [1.165, 1.54) is 0 Å². The molecule has 16 heavy (non-hydrogen) atoms. The van der Waals surface area contributed by atoms with Crippen LogP contribution in [0.15, 0.2) is 36.7 Å². The van der Waals surface area contributed by atoms with Crippen molar-refractivity contribution >= 4 is 0 Å². The summed E-state index contributed by atoms with van der Waals surface area (Å²) < 4.78 is 5.20. The van der Waals surface area contributed by atoms with E-state index in [-0.39, 0.29) is 0 Å². The molecule has 4 nitrogen and oxygen atoms in total. The van der Waals surface area contributed by atoms with E-state index >= 15 is 0 Å². The fourth-order valence-electron chi connectivity index (χ4n) is 1.64. The Balaban J connectivity index is 2.17. The molecule has 0 bridgehead atoms. The Bertz CT molecular complexity index is 440. The number of aliphatic hydroxyl groups is 1. The average Bonchev–Trinajstić information content (AvgIpc) is 2.81. The van der Waals surface area contributed by atoms with E-state index in [1.807, 2.05) is 24.3 Å². The van der Waals surface area contributed by atoms with Gasteiger partial charge >= 0.3 is 0 Å². The fourth-order valence-corrected chi connectivity index (χ4v) is 1.64. The Labute approximate surface area is 93.9 Å². The van der Waals surface area contributed by atoms with Gasteiger partial charge in [-0.3, -0.25) is 0 Å². The topological polar surface area (TPSA) is 58.1 Å². The number of aromatic nitrogens is 2. The standard InChI is InChI=1S/C12H14N2O2/c1-16-11-5-3-2-4-9(11)10(15)8-12-13-6-7-14-12/h2-7,10,15H,8H2,1H3,(H,13,14). The zero-order chi connectivity index (χ0) is 11.4. The lowest BCUT2D eigenvalue weighted by Crippen LogP contribution is -2.05. The van der Waals surface area contributed by atoms with Crippen molar-refractivity contribution in [1.82, 2.24) is 9.97 Å². The molecule has 0 radical (unpaired) electrons. The number of aliphatic hydroxyl groups excluding tert-OH is 1. The van der Waals surface area contributed by atoms with Gasteiger partial charge in [-0.25, -0.2) is 4.98 Å². The highest BCUT2D eigenvalue weighted by atomic mass is 16.5. The molecule has 2 rings (SSSR count). The van der Waals surface area contributed by atoms with Crippen LogP contribution in [0.3, 0.4) is 0 Å². The average molecular weight is 218 g/mol. The number of H-pyrrole nitrogens is 1. The van der Waals surface area contributed by atoms with Gasteiger partial charge in [-0.05, 0) is 6.07 Å². The van der Waals surface area contributed by atoms with Crippen molar-refractivity contribution in [3.63, 3.8) is 0 Å². The lowest BCUT2D eigenvalue weighted by Gasteiger charge is -2.13. The summed E-state index contributed by atoms with van der Waals surface area (Å²) in [5.74, 6) is 1.46. The molecule has 0 aliphatic heterocycles. The number of hydrogen-bond acceptors (Lipinski definition) is 3. The molecule has 0 aliphatic carbocycles. The molecule has 0 amide bonds. The van der Waals surface area contributed by atoms with E-state index in [1.54, 1.807) is 19.5 Å². The second-order valence-electron chi connectivity index (χ2n) is 3.50. The highest BCUT2D eigenvalue weighted by molar-refractivity contribution is 5.35. The molecule has 2 aromatic rings. The van der Waals surface area contributed by atoms with Crippen LogP contribution in [0.4, 0.5) is 0 Å². The predicted molar refractivity (Wildman–Crippen MR) is 60.2 cm³/mol. The van der Waals surface area contributed by atoms with Gasteiger partial charge in [0, 0.05) is 24.4 Å². The SMILES string of the molecule is COc1ccccc1C(O)Cc1ncc[nH]1. The van der Waals surface area contributed by atoms with Crippen molar-refractivity contribution in [1.29, 1.82) is 0 Å². The minimum Gasteiger partial charge on any atom is -0.496 e. The van der Waals surface area contributed by atoms with Crippen LogP contribution >= 0.6 is 0 Å². The van der Waals surface area contributed by atoms with Crippen LogP contribution in [0, 0.1) is 0 Å². The molecule has 1 unspecified atom stereocenters. The maximum absolute atomic E-state index is 10.1. The third-order valence-electron chi connectivity index (χ3n) is 2.44. The monoisotopic (exact) mass is 218 g/mol. The third kappa shape index (κ3) is 2.23. The number of benzene rings is 1. The number of nitrogens with zero attached hydrogens (tertiary/aromatic N) is 1. The van der Waals surface area contributed by atoms with E-state index in [0.29, 0.717) is 12.2 Å². The molecule has 1 atom stereocenters. The third-order valence-corrected chi connectivity index (χ3v) is 2.44. The van der Waals surface area contributed by atoms with Crippen molar-refractivity contribution in [2.45, 2.75) is 12.5 Å². The van der Waals surface area contributed by atoms with Gasteiger partial charge < -0.3 is 14.8 Å². The summed E-state index contributed by atoms with van der Waals surface area (Å²) in [5, 5.41) is 10.1. The Kier molecular flexibility index (Phi) is 3.22. The van der Waals surface area contributed by atoms with Crippen LogP contribution in [-0.2, 0) is 6.42 Å². The summed E-state index contributed by atoms with van der Waals surface area (Å²) in [6.45, 7) is 0. The molecule has 1 aromatic heterocycles. The van der Waals surface area contributed by atoms with Crippen molar-refractivity contribution in [2.24, 2.45) is 0 Å². The van der Waals surface area contributed by atoms with Crippen molar-refractivity contribution < 1.29 is 9.84 Å². The molecule has 0 fully saturated rings. The van der Waals surface area contributed by atoms with Crippen LogP contribution in [0.5, 0.6) is 5.75 Å². The molecule has 0 aliphatic rings. The van der Waals surface area contributed by atoms with Gasteiger partial charge in [-0.2, -0.15) is 0 Å². The Morgan fingerprint density at radius 3 is 2.94 bits per heavy atom. The number of ether oxygens (including phenoxy) is 1. The molecule has 4 heteroatoms. The van der Waals surface area contributed by atoms with Gasteiger partial charge in [-0.1, -0.05) is 18.2 Å². The Morgan fingerprint density at radius 1 is 1.44 bits per heavy atom. The number of para-hydroxylation sites is 1. The summed E-state index contributed by atoms with van der Waals surface area (Å²) in [5.41, 5.74) is 0.779. The van der Waals surface area contributed by atoms with Crippen LogP contribution in [0.25, 0.3) is 0 Å². The van der Waals surface area contributed by atoms with E-state index < -0.39 is 6.10 Å². The normalized spacial score (nSPS) is 12.4. The maximum atomic E-state index is 10.1. The number of methoxy groups -OCH3 is 1. The highest BCUT2D eigenvalue weighted by Gasteiger charge is 2.14. The Morgan fingerprint density at radius 2 is 2.25 bits per heavy atom. The molecule has 0 saturated carbocycles. The number of imidazole rings is 1. The van der Waals surface area contributed by atoms with E-state index in [0.717, 1.165) is 11.4 Å². The lowest BCUT2D eigenvalue weighted by atomic mass is 10.1.